The van der Waals surface area contributed by atoms with Crippen LogP contribution in [0.25, 0.3) is 16.9 Å². The second kappa shape index (κ2) is 9.34. The molecule has 5 nitrogen and oxygen atoms in total. The Morgan fingerprint density at radius 2 is 1.68 bits per heavy atom. The van der Waals surface area contributed by atoms with Gasteiger partial charge in [-0.05, 0) is 93.1 Å². The number of nitrogens with zero attached hydrogens (tertiary/aromatic N) is 3. The first-order valence-corrected chi connectivity index (χ1v) is 12.2. The van der Waals surface area contributed by atoms with Gasteiger partial charge in [-0.2, -0.15) is 0 Å². The molecule has 2 aromatic heterocycles. The zero-order valence-electron chi connectivity index (χ0n) is 20.3. The molecular formula is C29H32N4O. The Labute approximate surface area is 201 Å². The molecule has 1 amide bonds. The number of aromatic nitrogens is 2. The normalized spacial score (nSPS) is 13.9. The summed E-state index contributed by atoms with van der Waals surface area (Å²) in [6.45, 7) is 8.50. The van der Waals surface area contributed by atoms with Gasteiger partial charge in [0.1, 0.15) is 5.65 Å². The van der Waals surface area contributed by atoms with Gasteiger partial charge in [-0.25, -0.2) is 4.98 Å². The van der Waals surface area contributed by atoms with E-state index in [1.165, 1.54) is 36.1 Å². The highest BCUT2D eigenvalue weighted by molar-refractivity contribution is 5.93. The van der Waals surface area contributed by atoms with Crippen LogP contribution in [0.1, 0.15) is 41.6 Å². The number of hydrogen-bond acceptors (Lipinski definition) is 3. The van der Waals surface area contributed by atoms with Crippen molar-refractivity contribution in [2.45, 2.75) is 46.5 Å². The molecule has 2 aromatic carbocycles. The topological polar surface area (TPSA) is 49.6 Å². The van der Waals surface area contributed by atoms with E-state index in [0.29, 0.717) is 0 Å². The van der Waals surface area contributed by atoms with Gasteiger partial charge in [0, 0.05) is 36.2 Å². The van der Waals surface area contributed by atoms with Gasteiger partial charge in [0.2, 0.25) is 5.91 Å². The molecule has 0 bridgehead atoms. The molecule has 0 saturated carbocycles. The second-order valence-corrected chi connectivity index (χ2v) is 9.41. The molecule has 5 rings (SSSR count). The summed E-state index contributed by atoms with van der Waals surface area (Å²) in [5, 5.41) is 3.09. The van der Waals surface area contributed by atoms with Crippen LogP contribution in [0.2, 0.25) is 0 Å². The van der Waals surface area contributed by atoms with Gasteiger partial charge in [-0.1, -0.05) is 18.2 Å². The third kappa shape index (κ3) is 4.43. The molecule has 0 atom stereocenters. The Hall–Kier alpha value is -3.60. The van der Waals surface area contributed by atoms with Crippen LogP contribution in [-0.4, -0.2) is 28.4 Å². The quantitative estimate of drug-likeness (QED) is 0.398. The maximum atomic E-state index is 13.1. The van der Waals surface area contributed by atoms with Gasteiger partial charge >= 0.3 is 0 Å². The van der Waals surface area contributed by atoms with Crippen LogP contribution < -0.4 is 10.2 Å². The highest BCUT2D eigenvalue weighted by atomic mass is 16.1. The van der Waals surface area contributed by atoms with Gasteiger partial charge in [-0.3, -0.25) is 4.79 Å². The lowest BCUT2D eigenvalue weighted by Gasteiger charge is -2.28. The van der Waals surface area contributed by atoms with Crippen LogP contribution in [0, 0.1) is 20.8 Å². The fourth-order valence-electron chi connectivity index (χ4n) is 4.81. The van der Waals surface area contributed by atoms with E-state index in [4.69, 9.17) is 4.98 Å². The van der Waals surface area contributed by atoms with E-state index in [-0.39, 0.29) is 12.3 Å². The molecule has 3 heterocycles. The lowest BCUT2D eigenvalue weighted by atomic mass is 10.0. The number of carbonyl (C=O) groups excluding carboxylic acids is 1. The number of piperidine rings is 1. The molecule has 1 saturated heterocycles. The molecule has 1 fully saturated rings. The molecular weight excluding hydrogens is 420 g/mol. The summed E-state index contributed by atoms with van der Waals surface area (Å²) in [5.41, 5.74) is 9.32. The lowest BCUT2D eigenvalue weighted by Crippen LogP contribution is -2.29. The maximum Gasteiger partial charge on any atom is 0.230 e. The number of benzene rings is 2. The third-order valence-corrected chi connectivity index (χ3v) is 6.92. The van der Waals surface area contributed by atoms with Gasteiger partial charge < -0.3 is 14.6 Å². The summed E-state index contributed by atoms with van der Waals surface area (Å²) < 4.78 is 2.05. The van der Waals surface area contributed by atoms with Gasteiger partial charge in [0.05, 0.1) is 17.8 Å². The summed E-state index contributed by atoms with van der Waals surface area (Å²) in [6, 6.07) is 18.7. The predicted molar refractivity (Wildman–Crippen MR) is 140 cm³/mol. The SMILES string of the molecule is Cc1ccc(-c2nc3c(C)cccn3c2CC(=O)Nc2ccc(N3CCCCC3)cc2)cc1C. The summed E-state index contributed by atoms with van der Waals surface area (Å²) in [7, 11) is 0. The standard InChI is InChI=1S/C29H32N4O/c1-20-9-10-23(18-22(20)3)28-26(33-17-7-8-21(2)29(33)31-28)19-27(34)30-24-11-13-25(14-12-24)32-15-5-4-6-16-32/h7-14,17-18H,4-6,15-16,19H2,1-3H3,(H,30,34). The Balaban J connectivity index is 1.41. The number of aryl methyl sites for hydroxylation is 3. The minimum Gasteiger partial charge on any atom is -0.372 e. The zero-order chi connectivity index (χ0) is 23.7. The molecule has 4 aromatic rings. The highest BCUT2D eigenvalue weighted by Crippen LogP contribution is 2.28. The Kier molecular flexibility index (Phi) is 6.10. The van der Waals surface area contributed by atoms with Gasteiger partial charge in [0.25, 0.3) is 0 Å². The van der Waals surface area contributed by atoms with Gasteiger partial charge in [-0.15, -0.1) is 0 Å². The first-order valence-electron chi connectivity index (χ1n) is 12.2. The van der Waals surface area contributed by atoms with Crippen molar-refractivity contribution < 1.29 is 4.79 Å². The number of fused-ring (bicyclic) bond motifs is 1. The second-order valence-electron chi connectivity index (χ2n) is 9.41. The molecule has 5 heteroatoms. The first kappa shape index (κ1) is 22.2. The van der Waals surface area contributed by atoms with Crippen molar-refractivity contribution in [3.8, 4) is 11.3 Å². The van der Waals surface area contributed by atoms with E-state index in [2.05, 4.69) is 71.8 Å². The van der Waals surface area contributed by atoms with Crippen LogP contribution in [-0.2, 0) is 11.2 Å². The number of hydrogen-bond donors (Lipinski definition) is 1. The first-order chi connectivity index (χ1) is 16.5. The Morgan fingerprint density at radius 1 is 0.912 bits per heavy atom. The number of rotatable bonds is 5. The third-order valence-electron chi connectivity index (χ3n) is 6.92. The van der Waals surface area contributed by atoms with Crippen molar-refractivity contribution in [2.75, 3.05) is 23.3 Å². The highest BCUT2D eigenvalue weighted by Gasteiger charge is 2.19. The van der Waals surface area contributed by atoms with E-state index in [1.807, 2.05) is 24.4 Å². The fourth-order valence-corrected chi connectivity index (χ4v) is 4.81. The van der Waals surface area contributed by atoms with Crippen LogP contribution >= 0.6 is 0 Å². The molecule has 1 N–H and O–H groups in total. The maximum absolute atomic E-state index is 13.1. The van der Waals surface area contributed by atoms with Crippen molar-refractivity contribution in [3.05, 3.63) is 83.2 Å². The number of pyridine rings is 1. The largest absolute Gasteiger partial charge is 0.372 e. The van der Waals surface area contributed by atoms with Crippen molar-refractivity contribution in [2.24, 2.45) is 0 Å². The fraction of sp³-hybridized carbons (Fsp3) is 0.310. The summed E-state index contributed by atoms with van der Waals surface area (Å²) >= 11 is 0. The summed E-state index contributed by atoms with van der Waals surface area (Å²) in [6.07, 6.45) is 6.06. The molecule has 1 aliphatic rings. The zero-order valence-corrected chi connectivity index (χ0v) is 20.3. The molecule has 174 valence electrons. The summed E-state index contributed by atoms with van der Waals surface area (Å²) in [4.78, 5) is 20.5. The smallest absolute Gasteiger partial charge is 0.230 e. The van der Waals surface area contributed by atoms with Crippen molar-refractivity contribution in [3.63, 3.8) is 0 Å². The van der Waals surface area contributed by atoms with Crippen LogP contribution in [0.5, 0.6) is 0 Å². The minimum absolute atomic E-state index is 0.0425. The van der Waals surface area contributed by atoms with Crippen LogP contribution in [0.3, 0.4) is 0 Å². The van der Waals surface area contributed by atoms with E-state index >= 15 is 0 Å². The van der Waals surface area contributed by atoms with Crippen molar-refractivity contribution in [1.29, 1.82) is 0 Å². The minimum atomic E-state index is -0.0425. The average molecular weight is 453 g/mol. The monoisotopic (exact) mass is 452 g/mol. The Bertz CT molecular complexity index is 1330. The van der Waals surface area contributed by atoms with E-state index in [0.717, 1.165) is 46.9 Å². The van der Waals surface area contributed by atoms with Crippen LogP contribution in [0.4, 0.5) is 11.4 Å². The molecule has 0 spiro atoms. The van der Waals surface area contributed by atoms with E-state index in [9.17, 15) is 4.79 Å². The van der Waals surface area contributed by atoms with Gasteiger partial charge in [0.15, 0.2) is 0 Å². The molecule has 1 aliphatic heterocycles. The number of nitrogens with one attached hydrogen (secondary N) is 1. The van der Waals surface area contributed by atoms with E-state index < -0.39 is 0 Å². The number of imidazole rings is 1. The Morgan fingerprint density at radius 3 is 2.41 bits per heavy atom. The van der Waals surface area contributed by atoms with Crippen molar-refractivity contribution >= 4 is 22.9 Å². The average Bonchev–Trinajstić information content (AvgIpc) is 3.21. The number of carbonyl (C=O) groups is 1. The van der Waals surface area contributed by atoms with E-state index in [1.54, 1.807) is 0 Å². The molecule has 34 heavy (non-hydrogen) atoms. The lowest BCUT2D eigenvalue weighted by molar-refractivity contribution is -0.115. The molecule has 0 unspecified atom stereocenters. The number of amides is 1. The number of anilines is 2. The molecule has 0 aliphatic carbocycles. The molecule has 0 radical (unpaired) electrons. The van der Waals surface area contributed by atoms with Crippen molar-refractivity contribution in [1.82, 2.24) is 9.38 Å². The van der Waals surface area contributed by atoms with Crippen LogP contribution in [0.15, 0.2) is 60.8 Å². The predicted octanol–water partition coefficient (Wildman–Crippen LogP) is 6.10. The summed E-state index contributed by atoms with van der Waals surface area (Å²) in [5.74, 6) is -0.0425.